The largest absolute Gasteiger partial charge is 0.481 e. The lowest BCUT2D eigenvalue weighted by atomic mass is 9.94. The van der Waals surface area contributed by atoms with Crippen LogP contribution in [0.3, 0.4) is 0 Å². The maximum absolute atomic E-state index is 11.9. The minimum atomic E-state index is -0.833. The molecule has 1 aliphatic rings. The lowest BCUT2D eigenvalue weighted by molar-refractivity contribution is -0.134. The summed E-state index contributed by atoms with van der Waals surface area (Å²) < 4.78 is 6.81. The quantitative estimate of drug-likeness (QED) is 0.698. The van der Waals surface area contributed by atoms with Crippen LogP contribution in [0.15, 0.2) is 6.20 Å². The Bertz CT molecular complexity index is 730. The molecule has 0 atom stereocenters. The Labute approximate surface area is 138 Å². The number of hydrogen-bond donors (Lipinski definition) is 3. The molecule has 0 fully saturated rings. The molecule has 0 saturated heterocycles. The Hall–Kier alpha value is -2.68. The predicted octanol–water partition coefficient (Wildman–Crippen LogP) is 0.632. The van der Waals surface area contributed by atoms with Crippen LogP contribution in [0, 0.1) is 0 Å². The summed E-state index contributed by atoms with van der Waals surface area (Å²) in [6.45, 7) is 3.72. The van der Waals surface area contributed by atoms with Gasteiger partial charge >= 0.3 is 5.97 Å². The number of hydrogen-bond acceptors (Lipinski definition) is 6. The number of carboxylic acid groups (broad SMARTS) is 1. The summed E-state index contributed by atoms with van der Waals surface area (Å²) in [6.07, 6.45) is 3.22. The predicted molar refractivity (Wildman–Crippen MR) is 83.6 cm³/mol. The van der Waals surface area contributed by atoms with Crippen molar-refractivity contribution in [1.82, 2.24) is 20.0 Å². The van der Waals surface area contributed by atoms with E-state index in [4.69, 9.17) is 19.7 Å². The highest BCUT2D eigenvalue weighted by molar-refractivity contribution is 5.91. The molecule has 0 spiro atoms. The number of fused-ring (bicyclic) bond motifs is 3. The molecule has 3 rings (SSSR count). The van der Waals surface area contributed by atoms with Crippen LogP contribution in [-0.2, 0) is 28.9 Å². The molecule has 9 nitrogen and oxygen atoms in total. The van der Waals surface area contributed by atoms with E-state index in [-0.39, 0.29) is 12.6 Å². The Morgan fingerprint density at radius 1 is 1.42 bits per heavy atom. The van der Waals surface area contributed by atoms with Gasteiger partial charge in [-0.3, -0.25) is 14.6 Å². The average Bonchev–Trinajstić information content (AvgIpc) is 3.11. The van der Waals surface area contributed by atoms with Gasteiger partial charge in [-0.1, -0.05) is 0 Å². The Balaban J connectivity index is 0.000000471. The smallest absolute Gasteiger partial charge is 0.356 e. The number of esters is 1. The average molecular weight is 336 g/mol. The number of ether oxygens (including phenoxy) is 1. The van der Waals surface area contributed by atoms with Gasteiger partial charge in [0.05, 0.1) is 31.6 Å². The Morgan fingerprint density at radius 2 is 2.12 bits per heavy atom. The van der Waals surface area contributed by atoms with E-state index in [2.05, 4.69) is 15.3 Å². The van der Waals surface area contributed by atoms with Crippen molar-refractivity contribution in [1.29, 1.82) is 0 Å². The van der Waals surface area contributed by atoms with Crippen LogP contribution in [-0.4, -0.2) is 55.3 Å². The van der Waals surface area contributed by atoms with Crippen molar-refractivity contribution in [3.8, 4) is 11.3 Å². The van der Waals surface area contributed by atoms with E-state index in [1.165, 1.54) is 0 Å². The van der Waals surface area contributed by atoms with Crippen molar-refractivity contribution in [3.63, 3.8) is 0 Å². The van der Waals surface area contributed by atoms with E-state index in [9.17, 15) is 4.79 Å². The molecule has 0 unspecified atom stereocenters. The minimum Gasteiger partial charge on any atom is -0.481 e. The Morgan fingerprint density at radius 3 is 2.75 bits per heavy atom. The maximum Gasteiger partial charge on any atom is 0.356 e. The number of carboxylic acids is 1. The standard InChI is InChI=1S/C13H16N4O3.C2H4O2/c1-2-20-13(19)12-8-3-4-10-9(11(8)15-16-12)7-14-17(10)5-6-18;1-2(3)4/h7,18H,2-6H2,1H3,(H,15,16);1H3,(H,3,4). The van der Waals surface area contributed by atoms with Gasteiger partial charge in [-0.2, -0.15) is 10.2 Å². The summed E-state index contributed by atoms with van der Waals surface area (Å²) in [7, 11) is 0. The molecule has 2 heterocycles. The lowest BCUT2D eigenvalue weighted by Crippen LogP contribution is -2.14. The van der Waals surface area contributed by atoms with Gasteiger partial charge < -0.3 is 14.9 Å². The first-order chi connectivity index (χ1) is 11.5. The minimum absolute atomic E-state index is 0.0512. The number of carbonyl (C=O) groups is 2. The third kappa shape index (κ3) is 3.62. The van der Waals surface area contributed by atoms with Crippen LogP contribution in [0.1, 0.15) is 35.6 Å². The molecule has 2 aromatic heterocycles. The second-order valence-corrected chi connectivity index (χ2v) is 5.12. The summed E-state index contributed by atoms with van der Waals surface area (Å²) in [4.78, 5) is 20.9. The van der Waals surface area contributed by atoms with Crippen molar-refractivity contribution < 1.29 is 24.5 Å². The van der Waals surface area contributed by atoms with Crippen LogP contribution in [0.2, 0.25) is 0 Å². The van der Waals surface area contributed by atoms with Crippen molar-refractivity contribution in [3.05, 3.63) is 23.1 Å². The third-order valence-electron chi connectivity index (χ3n) is 3.47. The topological polar surface area (TPSA) is 130 Å². The molecule has 24 heavy (non-hydrogen) atoms. The highest BCUT2D eigenvalue weighted by Crippen LogP contribution is 2.33. The molecule has 0 aromatic carbocycles. The van der Waals surface area contributed by atoms with Crippen molar-refractivity contribution in [2.45, 2.75) is 33.2 Å². The van der Waals surface area contributed by atoms with Gasteiger partial charge in [-0.05, 0) is 19.8 Å². The molecule has 0 radical (unpaired) electrons. The molecule has 1 aliphatic carbocycles. The first-order valence-electron chi connectivity index (χ1n) is 7.59. The molecule has 2 aromatic rings. The molecular weight excluding hydrogens is 316 g/mol. The van der Waals surface area contributed by atoms with Gasteiger partial charge in [-0.15, -0.1) is 0 Å². The van der Waals surface area contributed by atoms with Crippen LogP contribution < -0.4 is 0 Å². The number of aliphatic hydroxyl groups is 1. The van der Waals surface area contributed by atoms with E-state index in [1.807, 2.05) is 0 Å². The van der Waals surface area contributed by atoms with Gasteiger partial charge in [0, 0.05) is 23.7 Å². The molecule has 0 amide bonds. The molecule has 0 saturated carbocycles. The monoisotopic (exact) mass is 336 g/mol. The van der Waals surface area contributed by atoms with Crippen LogP contribution in [0.4, 0.5) is 0 Å². The summed E-state index contributed by atoms with van der Waals surface area (Å²) >= 11 is 0. The number of nitrogens with zero attached hydrogens (tertiary/aromatic N) is 3. The highest BCUT2D eigenvalue weighted by atomic mass is 16.5. The second-order valence-electron chi connectivity index (χ2n) is 5.12. The summed E-state index contributed by atoms with van der Waals surface area (Å²) in [5.41, 5.74) is 4.06. The molecule has 9 heteroatoms. The van der Waals surface area contributed by atoms with E-state index in [1.54, 1.807) is 17.8 Å². The summed E-state index contributed by atoms with van der Waals surface area (Å²) in [5.74, 6) is -1.20. The molecule has 130 valence electrons. The maximum atomic E-state index is 11.9. The highest BCUT2D eigenvalue weighted by Gasteiger charge is 2.28. The molecule has 0 aliphatic heterocycles. The first-order valence-corrected chi connectivity index (χ1v) is 7.59. The first kappa shape index (κ1) is 17.7. The van der Waals surface area contributed by atoms with Crippen molar-refractivity contribution in [2.24, 2.45) is 0 Å². The van der Waals surface area contributed by atoms with Gasteiger partial charge in [-0.25, -0.2) is 4.79 Å². The number of H-pyrrole nitrogens is 1. The number of aromatic amines is 1. The normalized spacial score (nSPS) is 11.8. The number of rotatable bonds is 4. The van der Waals surface area contributed by atoms with E-state index in [0.717, 1.165) is 35.9 Å². The summed E-state index contributed by atoms with van der Waals surface area (Å²) in [5, 5.41) is 27.7. The second kappa shape index (κ2) is 7.73. The Kier molecular flexibility index (Phi) is 5.69. The van der Waals surface area contributed by atoms with Gasteiger partial charge in [0.25, 0.3) is 5.97 Å². The lowest BCUT2D eigenvalue weighted by Gasteiger charge is -2.14. The van der Waals surface area contributed by atoms with Crippen molar-refractivity contribution >= 4 is 11.9 Å². The number of nitrogens with one attached hydrogen (secondary N) is 1. The van der Waals surface area contributed by atoms with E-state index >= 15 is 0 Å². The number of aliphatic carboxylic acids is 1. The zero-order valence-corrected chi connectivity index (χ0v) is 13.6. The van der Waals surface area contributed by atoms with Crippen LogP contribution >= 0.6 is 0 Å². The molecule has 3 N–H and O–H groups in total. The van der Waals surface area contributed by atoms with E-state index < -0.39 is 5.97 Å². The fourth-order valence-corrected chi connectivity index (χ4v) is 2.61. The number of aromatic nitrogens is 4. The zero-order valence-electron chi connectivity index (χ0n) is 13.6. The van der Waals surface area contributed by atoms with Gasteiger partial charge in [0.2, 0.25) is 0 Å². The van der Waals surface area contributed by atoms with Gasteiger partial charge in [0.15, 0.2) is 0 Å². The molecule has 0 bridgehead atoms. The SMILES string of the molecule is CC(=O)O.CCOC(=O)c1[nH]nc2c1CCc1c-2cnn1CCO. The number of carbonyl (C=O) groups excluding carboxylic acids is 1. The summed E-state index contributed by atoms with van der Waals surface area (Å²) in [6, 6.07) is 0. The third-order valence-corrected chi connectivity index (χ3v) is 3.47. The fraction of sp³-hybridized carbons (Fsp3) is 0.467. The fourth-order valence-electron chi connectivity index (χ4n) is 2.61. The van der Waals surface area contributed by atoms with Crippen LogP contribution in [0.25, 0.3) is 11.3 Å². The van der Waals surface area contributed by atoms with E-state index in [0.29, 0.717) is 25.3 Å². The zero-order chi connectivity index (χ0) is 17.7. The van der Waals surface area contributed by atoms with Crippen molar-refractivity contribution in [2.75, 3.05) is 13.2 Å². The molecular formula is C15H20N4O5. The van der Waals surface area contributed by atoms with Gasteiger partial charge in [0.1, 0.15) is 5.69 Å². The number of aliphatic hydroxyl groups excluding tert-OH is 1. The van der Waals surface area contributed by atoms with Crippen LogP contribution in [0.5, 0.6) is 0 Å².